The minimum atomic E-state index is -0.936. The van der Waals surface area contributed by atoms with E-state index in [1.807, 2.05) is 49.4 Å². The quantitative estimate of drug-likeness (QED) is 0.651. The zero-order valence-electron chi connectivity index (χ0n) is 13.7. The number of aryl methyl sites for hydroxylation is 1. The second-order valence-electron chi connectivity index (χ2n) is 5.65. The Balaban J connectivity index is 1.71. The number of fused-ring (bicyclic) bond motifs is 1. The van der Waals surface area contributed by atoms with Gasteiger partial charge in [-0.1, -0.05) is 41.9 Å². The second kappa shape index (κ2) is 7.25. The van der Waals surface area contributed by atoms with Gasteiger partial charge < -0.3 is 10.1 Å². The molecule has 0 spiro atoms. The first kappa shape index (κ1) is 17.5. The average molecular weight is 374 g/mol. The topological polar surface area (TPSA) is 55.4 Å². The van der Waals surface area contributed by atoms with E-state index in [1.54, 1.807) is 6.07 Å². The molecule has 0 aliphatic heterocycles. The Bertz CT molecular complexity index is 951. The first-order valence-corrected chi connectivity index (χ1v) is 8.90. The Hall–Kier alpha value is -2.37. The van der Waals surface area contributed by atoms with Gasteiger partial charge in [-0.2, -0.15) is 0 Å². The molecule has 1 atom stereocenters. The number of carbonyl (C=O) groups excluding carboxylic acids is 2. The van der Waals surface area contributed by atoms with Crippen LogP contribution in [0.4, 0.5) is 5.69 Å². The summed E-state index contributed by atoms with van der Waals surface area (Å²) >= 11 is 7.52. The van der Waals surface area contributed by atoms with Gasteiger partial charge in [0.25, 0.3) is 5.91 Å². The van der Waals surface area contributed by atoms with E-state index in [9.17, 15) is 9.59 Å². The number of hydrogen-bond acceptors (Lipinski definition) is 4. The van der Waals surface area contributed by atoms with Crippen LogP contribution < -0.4 is 5.32 Å². The zero-order valence-corrected chi connectivity index (χ0v) is 15.3. The fourth-order valence-electron chi connectivity index (χ4n) is 2.38. The summed E-state index contributed by atoms with van der Waals surface area (Å²) in [6.45, 7) is 3.47. The van der Waals surface area contributed by atoms with Crippen molar-refractivity contribution in [2.24, 2.45) is 0 Å². The number of thiophene rings is 1. The Morgan fingerprint density at radius 3 is 2.64 bits per heavy atom. The van der Waals surface area contributed by atoms with Crippen LogP contribution in [0.15, 0.2) is 48.5 Å². The van der Waals surface area contributed by atoms with E-state index in [2.05, 4.69) is 5.32 Å². The number of nitrogens with one attached hydrogen (secondary N) is 1. The minimum Gasteiger partial charge on any atom is -0.448 e. The van der Waals surface area contributed by atoms with E-state index < -0.39 is 18.0 Å². The summed E-state index contributed by atoms with van der Waals surface area (Å²) in [5, 5.41) is 3.90. The van der Waals surface area contributed by atoms with Crippen molar-refractivity contribution in [1.82, 2.24) is 0 Å². The fraction of sp³-hybridized carbons (Fsp3) is 0.158. The molecule has 0 aliphatic carbocycles. The summed E-state index contributed by atoms with van der Waals surface area (Å²) in [4.78, 5) is 24.9. The Kier molecular flexibility index (Phi) is 5.06. The van der Waals surface area contributed by atoms with Gasteiger partial charge in [-0.15, -0.1) is 11.3 Å². The Labute approximate surface area is 154 Å². The van der Waals surface area contributed by atoms with Gasteiger partial charge in [0.05, 0.1) is 5.02 Å². The molecule has 1 unspecified atom stereocenters. The molecule has 0 saturated carbocycles. The van der Waals surface area contributed by atoms with Crippen LogP contribution in [0.3, 0.4) is 0 Å². The van der Waals surface area contributed by atoms with Crippen LogP contribution in [0, 0.1) is 6.92 Å². The number of rotatable bonds is 4. The number of ether oxygens (including phenoxy) is 1. The van der Waals surface area contributed by atoms with Crippen LogP contribution in [0.25, 0.3) is 10.1 Å². The summed E-state index contributed by atoms with van der Waals surface area (Å²) in [5.41, 5.74) is 1.69. The van der Waals surface area contributed by atoms with Crippen molar-refractivity contribution in [2.45, 2.75) is 20.0 Å². The third-order valence-electron chi connectivity index (χ3n) is 3.66. The van der Waals surface area contributed by atoms with Gasteiger partial charge in [0.15, 0.2) is 6.10 Å². The second-order valence-corrected chi connectivity index (χ2v) is 7.08. The molecule has 25 heavy (non-hydrogen) atoms. The maximum atomic E-state index is 12.4. The molecule has 1 heterocycles. The molecule has 3 rings (SSSR count). The van der Waals surface area contributed by atoms with Crippen molar-refractivity contribution in [3.63, 3.8) is 0 Å². The molecule has 1 amide bonds. The summed E-state index contributed by atoms with van der Waals surface area (Å²) in [5.74, 6) is -0.991. The molecule has 2 aromatic carbocycles. The van der Waals surface area contributed by atoms with Gasteiger partial charge in [-0.05, 0) is 37.6 Å². The van der Waals surface area contributed by atoms with E-state index in [0.29, 0.717) is 15.6 Å². The molecular weight excluding hydrogens is 358 g/mol. The van der Waals surface area contributed by atoms with E-state index in [4.69, 9.17) is 16.3 Å². The lowest BCUT2D eigenvalue weighted by atomic mass is 10.2. The number of esters is 1. The summed E-state index contributed by atoms with van der Waals surface area (Å²) in [6.07, 6.45) is -0.936. The molecule has 128 valence electrons. The smallest absolute Gasteiger partial charge is 0.350 e. The summed E-state index contributed by atoms with van der Waals surface area (Å²) in [7, 11) is 0. The molecule has 6 heteroatoms. The van der Waals surface area contributed by atoms with Gasteiger partial charge in [0.1, 0.15) is 4.88 Å². The molecule has 0 radical (unpaired) electrons. The van der Waals surface area contributed by atoms with Crippen molar-refractivity contribution < 1.29 is 14.3 Å². The molecule has 1 aromatic heterocycles. The maximum Gasteiger partial charge on any atom is 0.350 e. The lowest BCUT2D eigenvalue weighted by Crippen LogP contribution is -2.29. The monoisotopic (exact) mass is 373 g/mol. The highest BCUT2D eigenvalue weighted by Gasteiger charge is 2.23. The summed E-state index contributed by atoms with van der Waals surface area (Å²) in [6, 6.07) is 14.9. The van der Waals surface area contributed by atoms with Gasteiger partial charge in [0, 0.05) is 15.8 Å². The maximum absolute atomic E-state index is 12.4. The lowest BCUT2D eigenvalue weighted by Gasteiger charge is -2.13. The number of carbonyl (C=O) groups is 2. The van der Waals surface area contributed by atoms with Crippen molar-refractivity contribution in [3.8, 4) is 0 Å². The summed E-state index contributed by atoms with van der Waals surface area (Å²) < 4.78 is 6.19. The normalized spacial score (nSPS) is 12.0. The van der Waals surface area contributed by atoms with Crippen molar-refractivity contribution in [2.75, 3.05) is 5.32 Å². The van der Waals surface area contributed by atoms with Crippen LogP contribution in [0.1, 0.15) is 22.2 Å². The lowest BCUT2D eigenvalue weighted by molar-refractivity contribution is -0.123. The van der Waals surface area contributed by atoms with Crippen molar-refractivity contribution >= 4 is 50.6 Å². The molecule has 0 aliphatic rings. The number of hydrogen-bond donors (Lipinski definition) is 1. The molecule has 1 N–H and O–H groups in total. The van der Waals surface area contributed by atoms with Crippen LogP contribution in [-0.4, -0.2) is 18.0 Å². The van der Waals surface area contributed by atoms with Crippen molar-refractivity contribution in [1.29, 1.82) is 0 Å². The largest absolute Gasteiger partial charge is 0.448 e. The van der Waals surface area contributed by atoms with Crippen LogP contribution >= 0.6 is 22.9 Å². The third-order valence-corrected chi connectivity index (χ3v) is 5.31. The first-order valence-electron chi connectivity index (χ1n) is 7.71. The Morgan fingerprint density at radius 2 is 1.92 bits per heavy atom. The van der Waals surface area contributed by atoms with Gasteiger partial charge in [-0.3, -0.25) is 4.79 Å². The van der Waals surface area contributed by atoms with Gasteiger partial charge >= 0.3 is 5.97 Å². The molecule has 0 fully saturated rings. The number of anilines is 1. The minimum absolute atomic E-state index is 0.304. The van der Waals surface area contributed by atoms with Crippen LogP contribution in [0.2, 0.25) is 5.02 Å². The molecule has 4 nitrogen and oxygen atoms in total. The molecule has 0 bridgehead atoms. The predicted octanol–water partition coefficient (Wildman–Crippen LogP) is 5.05. The molecular formula is C19H16ClNO3S. The zero-order chi connectivity index (χ0) is 18.0. The van der Waals surface area contributed by atoms with E-state index in [-0.39, 0.29) is 0 Å². The van der Waals surface area contributed by atoms with Crippen LogP contribution in [0.5, 0.6) is 0 Å². The van der Waals surface area contributed by atoms with Crippen molar-refractivity contribution in [3.05, 3.63) is 64.0 Å². The Morgan fingerprint density at radius 1 is 1.16 bits per heavy atom. The predicted molar refractivity (Wildman–Crippen MR) is 102 cm³/mol. The third kappa shape index (κ3) is 3.83. The van der Waals surface area contributed by atoms with Crippen LogP contribution in [-0.2, 0) is 9.53 Å². The highest BCUT2D eigenvalue weighted by atomic mass is 35.5. The van der Waals surface area contributed by atoms with E-state index in [1.165, 1.54) is 18.3 Å². The number of benzene rings is 2. The molecule has 0 saturated heterocycles. The van der Waals surface area contributed by atoms with E-state index in [0.717, 1.165) is 15.6 Å². The number of amides is 1. The number of halogens is 1. The SMILES string of the molecule is Cc1cccc(NC(=O)C(C)OC(=O)c2sc3ccccc3c2Cl)c1. The van der Waals surface area contributed by atoms with Gasteiger partial charge in [0.2, 0.25) is 0 Å². The van der Waals surface area contributed by atoms with Gasteiger partial charge in [-0.25, -0.2) is 4.79 Å². The first-order chi connectivity index (χ1) is 12.0. The highest BCUT2D eigenvalue weighted by Crippen LogP contribution is 2.35. The molecule has 3 aromatic rings. The fourth-order valence-corrected chi connectivity index (χ4v) is 3.77. The standard InChI is InChI=1S/C19H16ClNO3S/c1-11-6-5-7-13(10-11)21-18(22)12(2)24-19(23)17-16(20)14-8-3-4-9-15(14)25-17/h3-10,12H,1-2H3,(H,21,22). The highest BCUT2D eigenvalue weighted by molar-refractivity contribution is 7.21. The average Bonchev–Trinajstić information content (AvgIpc) is 2.92. The van der Waals surface area contributed by atoms with E-state index >= 15 is 0 Å².